The maximum absolute atomic E-state index is 4.37. The molecule has 0 aromatic carbocycles. The van der Waals surface area contributed by atoms with E-state index in [0.29, 0.717) is 12.1 Å². The zero-order valence-corrected chi connectivity index (χ0v) is 9.74. The molecule has 1 aliphatic heterocycles. The van der Waals surface area contributed by atoms with Crippen molar-refractivity contribution in [3.05, 3.63) is 18.0 Å². The molecule has 0 aliphatic carbocycles. The van der Waals surface area contributed by atoms with Gasteiger partial charge in [0.1, 0.15) is 0 Å². The zero-order valence-electron chi connectivity index (χ0n) is 9.74. The van der Waals surface area contributed by atoms with Gasteiger partial charge in [0.25, 0.3) is 0 Å². The topological polar surface area (TPSA) is 29.9 Å². The fourth-order valence-electron chi connectivity index (χ4n) is 2.15. The Morgan fingerprint density at radius 1 is 1.53 bits per heavy atom. The summed E-state index contributed by atoms with van der Waals surface area (Å²) < 4.78 is 2.04. The maximum Gasteiger partial charge on any atom is 0.0522 e. The summed E-state index contributed by atoms with van der Waals surface area (Å²) in [5, 5.41) is 7.94. The van der Waals surface area contributed by atoms with Crippen molar-refractivity contribution >= 4 is 0 Å². The van der Waals surface area contributed by atoms with E-state index in [4.69, 9.17) is 0 Å². The van der Waals surface area contributed by atoms with E-state index in [1.807, 2.05) is 10.9 Å². The number of hydrogen-bond acceptors (Lipinski definition) is 2. The second-order valence-electron chi connectivity index (χ2n) is 4.77. The molecule has 1 aromatic heterocycles. The number of hydrogen-bond donors (Lipinski definition) is 1. The van der Waals surface area contributed by atoms with E-state index < -0.39 is 0 Å². The number of aromatic nitrogens is 2. The van der Waals surface area contributed by atoms with Crippen LogP contribution in [0.2, 0.25) is 0 Å². The molecule has 1 N–H and O–H groups in total. The van der Waals surface area contributed by atoms with Gasteiger partial charge < -0.3 is 5.32 Å². The van der Waals surface area contributed by atoms with Gasteiger partial charge in [-0.1, -0.05) is 6.42 Å². The lowest BCUT2D eigenvalue weighted by atomic mass is 9.99. The van der Waals surface area contributed by atoms with Crippen LogP contribution in [0.5, 0.6) is 0 Å². The fraction of sp³-hybridized carbons (Fsp3) is 0.750. The lowest BCUT2D eigenvalue weighted by Crippen LogP contribution is -2.35. The van der Waals surface area contributed by atoms with Crippen molar-refractivity contribution in [2.45, 2.75) is 51.6 Å². The van der Waals surface area contributed by atoms with Crippen molar-refractivity contribution in [2.24, 2.45) is 0 Å². The Balaban J connectivity index is 1.91. The zero-order chi connectivity index (χ0) is 10.7. The molecule has 1 fully saturated rings. The molecule has 0 spiro atoms. The van der Waals surface area contributed by atoms with E-state index in [1.54, 1.807) is 0 Å². The lowest BCUT2D eigenvalue weighted by molar-refractivity contribution is 0.399. The van der Waals surface area contributed by atoms with Gasteiger partial charge in [-0.05, 0) is 45.2 Å². The molecule has 0 bridgehead atoms. The molecule has 3 nitrogen and oxygen atoms in total. The number of nitrogens with one attached hydrogen (secondary N) is 1. The second kappa shape index (κ2) is 4.79. The van der Waals surface area contributed by atoms with Gasteiger partial charge >= 0.3 is 0 Å². The van der Waals surface area contributed by atoms with Gasteiger partial charge in [-0.25, -0.2) is 0 Å². The highest BCUT2D eigenvalue weighted by atomic mass is 15.3. The molecule has 0 radical (unpaired) electrons. The fourth-order valence-corrected chi connectivity index (χ4v) is 2.15. The first-order valence-electron chi connectivity index (χ1n) is 6.02. The van der Waals surface area contributed by atoms with E-state index in [9.17, 15) is 0 Å². The molecule has 0 saturated carbocycles. The lowest BCUT2D eigenvalue weighted by Gasteiger charge is -2.22. The molecule has 84 valence electrons. The third kappa shape index (κ3) is 2.81. The Morgan fingerprint density at radius 2 is 2.40 bits per heavy atom. The van der Waals surface area contributed by atoms with Crippen LogP contribution in [-0.4, -0.2) is 22.4 Å². The van der Waals surface area contributed by atoms with Gasteiger partial charge in [0.05, 0.1) is 6.20 Å². The van der Waals surface area contributed by atoms with Crippen LogP contribution in [0.15, 0.2) is 12.4 Å². The highest BCUT2D eigenvalue weighted by Crippen LogP contribution is 2.13. The summed E-state index contributed by atoms with van der Waals surface area (Å²) in [5.74, 6) is 0. The normalized spacial score (nSPS) is 22.2. The Morgan fingerprint density at radius 3 is 3.00 bits per heavy atom. The Hall–Kier alpha value is -0.830. The van der Waals surface area contributed by atoms with Crippen LogP contribution >= 0.6 is 0 Å². The van der Waals surface area contributed by atoms with Crippen molar-refractivity contribution in [1.29, 1.82) is 0 Å². The van der Waals surface area contributed by atoms with Crippen molar-refractivity contribution in [1.82, 2.24) is 15.1 Å². The Labute approximate surface area is 91.9 Å². The molecule has 1 saturated heterocycles. The molecule has 0 amide bonds. The maximum atomic E-state index is 4.37. The monoisotopic (exact) mass is 207 g/mol. The molecular weight excluding hydrogens is 186 g/mol. The van der Waals surface area contributed by atoms with E-state index in [-0.39, 0.29) is 0 Å². The first-order chi connectivity index (χ1) is 7.25. The third-order valence-corrected chi connectivity index (χ3v) is 3.08. The Bertz CT molecular complexity index is 298. The number of rotatable bonds is 3. The van der Waals surface area contributed by atoms with Crippen molar-refractivity contribution < 1.29 is 0 Å². The quantitative estimate of drug-likeness (QED) is 0.823. The first kappa shape index (κ1) is 10.7. The van der Waals surface area contributed by atoms with Gasteiger partial charge in [-0.15, -0.1) is 0 Å². The Kier molecular flexibility index (Phi) is 3.41. The van der Waals surface area contributed by atoms with Crippen LogP contribution in [0.1, 0.15) is 44.7 Å². The van der Waals surface area contributed by atoms with Crippen LogP contribution < -0.4 is 5.32 Å². The summed E-state index contributed by atoms with van der Waals surface area (Å²) in [6.07, 6.45) is 9.34. The van der Waals surface area contributed by atoms with Crippen LogP contribution in [0, 0.1) is 0 Å². The summed E-state index contributed by atoms with van der Waals surface area (Å²) >= 11 is 0. The average molecular weight is 207 g/mol. The van der Waals surface area contributed by atoms with Gasteiger partial charge in [0, 0.05) is 18.3 Å². The third-order valence-electron chi connectivity index (χ3n) is 3.08. The van der Waals surface area contributed by atoms with E-state index in [2.05, 4.69) is 30.5 Å². The molecule has 15 heavy (non-hydrogen) atoms. The summed E-state index contributed by atoms with van der Waals surface area (Å²) in [4.78, 5) is 0. The van der Waals surface area contributed by atoms with Crippen molar-refractivity contribution in [3.63, 3.8) is 0 Å². The van der Waals surface area contributed by atoms with Gasteiger partial charge in [0.15, 0.2) is 0 Å². The standard InChI is InChI=1S/C12H21N3/c1-10(2)15-9-11(8-14-15)7-12-5-3-4-6-13-12/h8-10,12-13H,3-7H2,1-2H3. The molecule has 1 atom stereocenters. The number of piperidine rings is 1. The highest BCUT2D eigenvalue weighted by molar-refractivity contribution is 5.07. The predicted molar refractivity (Wildman–Crippen MR) is 62.0 cm³/mol. The molecule has 1 unspecified atom stereocenters. The second-order valence-corrected chi connectivity index (χ2v) is 4.77. The SMILES string of the molecule is CC(C)n1cc(CC2CCCCN2)cn1. The minimum atomic E-state index is 0.470. The van der Waals surface area contributed by atoms with Crippen LogP contribution in [0.3, 0.4) is 0 Å². The van der Waals surface area contributed by atoms with Crippen molar-refractivity contribution in [3.8, 4) is 0 Å². The van der Waals surface area contributed by atoms with E-state index in [1.165, 1.54) is 31.4 Å². The summed E-state index contributed by atoms with van der Waals surface area (Å²) in [5.41, 5.74) is 1.36. The largest absolute Gasteiger partial charge is 0.314 e. The molecule has 1 aliphatic rings. The van der Waals surface area contributed by atoms with Crippen LogP contribution in [0.25, 0.3) is 0 Å². The van der Waals surface area contributed by atoms with Gasteiger partial charge in [-0.3, -0.25) is 4.68 Å². The number of nitrogens with zero attached hydrogens (tertiary/aromatic N) is 2. The molecule has 1 aromatic rings. The summed E-state index contributed by atoms with van der Waals surface area (Å²) in [6, 6.07) is 1.14. The smallest absolute Gasteiger partial charge is 0.0522 e. The van der Waals surface area contributed by atoms with E-state index in [0.717, 1.165) is 6.42 Å². The minimum absolute atomic E-state index is 0.470. The summed E-state index contributed by atoms with van der Waals surface area (Å²) in [6.45, 7) is 5.51. The van der Waals surface area contributed by atoms with Crippen molar-refractivity contribution in [2.75, 3.05) is 6.54 Å². The van der Waals surface area contributed by atoms with Crippen LogP contribution in [-0.2, 0) is 6.42 Å². The van der Waals surface area contributed by atoms with Crippen LogP contribution in [0.4, 0.5) is 0 Å². The summed E-state index contributed by atoms with van der Waals surface area (Å²) in [7, 11) is 0. The molecule has 2 heterocycles. The first-order valence-corrected chi connectivity index (χ1v) is 6.02. The molecule has 3 heteroatoms. The van der Waals surface area contributed by atoms with Gasteiger partial charge in [0.2, 0.25) is 0 Å². The predicted octanol–water partition coefficient (Wildman–Crippen LogP) is 2.15. The highest BCUT2D eigenvalue weighted by Gasteiger charge is 2.13. The minimum Gasteiger partial charge on any atom is -0.314 e. The molecule has 2 rings (SSSR count). The van der Waals surface area contributed by atoms with E-state index >= 15 is 0 Å². The molecular formula is C12H21N3. The van der Waals surface area contributed by atoms with Gasteiger partial charge in [-0.2, -0.15) is 5.10 Å². The average Bonchev–Trinajstić information content (AvgIpc) is 2.68.